The summed E-state index contributed by atoms with van der Waals surface area (Å²) in [6.45, 7) is 0.450. The zero-order valence-electron chi connectivity index (χ0n) is 7.97. The first kappa shape index (κ1) is 10.9. The largest absolute Gasteiger partial charge is 0.434 e. The number of halogens is 3. The highest BCUT2D eigenvalue weighted by molar-refractivity contribution is 7.09. The maximum absolute atomic E-state index is 12.2. The van der Waals surface area contributed by atoms with Gasteiger partial charge >= 0.3 is 6.18 Å². The van der Waals surface area contributed by atoms with Gasteiger partial charge in [-0.25, -0.2) is 4.98 Å². The van der Waals surface area contributed by atoms with Gasteiger partial charge in [-0.05, 0) is 12.8 Å². The topological polar surface area (TPSA) is 24.9 Å². The smallest absolute Gasteiger partial charge is 0.308 e. The van der Waals surface area contributed by atoms with Crippen molar-refractivity contribution in [1.29, 1.82) is 0 Å². The number of aromatic nitrogens is 1. The highest BCUT2D eigenvalue weighted by Gasteiger charge is 2.33. The van der Waals surface area contributed by atoms with E-state index in [1.165, 1.54) is 6.42 Å². The Balaban J connectivity index is 1.89. The molecule has 2 rings (SSSR count). The number of nitrogens with zero attached hydrogens (tertiary/aromatic N) is 1. The molecule has 0 bridgehead atoms. The van der Waals surface area contributed by atoms with Crippen LogP contribution in [0.2, 0.25) is 0 Å². The molecule has 1 fully saturated rings. The molecule has 0 aliphatic heterocycles. The van der Waals surface area contributed by atoms with Crippen LogP contribution in [-0.4, -0.2) is 11.0 Å². The van der Waals surface area contributed by atoms with Crippen molar-refractivity contribution in [2.24, 2.45) is 0 Å². The molecule has 6 heteroatoms. The maximum atomic E-state index is 12.2. The van der Waals surface area contributed by atoms with Crippen molar-refractivity contribution in [2.75, 3.05) is 0 Å². The molecule has 1 aliphatic rings. The van der Waals surface area contributed by atoms with Gasteiger partial charge in [0.1, 0.15) is 5.01 Å². The van der Waals surface area contributed by atoms with Crippen LogP contribution in [0.3, 0.4) is 0 Å². The summed E-state index contributed by atoms with van der Waals surface area (Å²) in [5.74, 6) is 0. The molecule has 84 valence electrons. The van der Waals surface area contributed by atoms with Gasteiger partial charge in [0.15, 0.2) is 5.69 Å². The van der Waals surface area contributed by atoms with Gasteiger partial charge in [0.2, 0.25) is 0 Å². The summed E-state index contributed by atoms with van der Waals surface area (Å²) < 4.78 is 36.6. The summed E-state index contributed by atoms with van der Waals surface area (Å²) in [6.07, 6.45) is -0.858. The van der Waals surface area contributed by atoms with E-state index in [1.807, 2.05) is 0 Å². The van der Waals surface area contributed by atoms with Crippen molar-refractivity contribution >= 4 is 11.3 Å². The lowest BCUT2D eigenvalue weighted by Gasteiger charge is -2.25. The first-order valence-corrected chi connectivity index (χ1v) is 5.68. The van der Waals surface area contributed by atoms with Crippen molar-refractivity contribution in [2.45, 2.75) is 38.0 Å². The molecular formula is C9H11F3N2S. The fourth-order valence-electron chi connectivity index (χ4n) is 1.37. The molecule has 1 aliphatic carbocycles. The number of hydrogen-bond acceptors (Lipinski definition) is 3. The molecule has 0 saturated heterocycles. The molecule has 1 aromatic heterocycles. The zero-order valence-corrected chi connectivity index (χ0v) is 8.79. The molecule has 0 radical (unpaired) electrons. The molecule has 0 aromatic carbocycles. The average molecular weight is 236 g/mol. The van der Waals surface area contributed by atoms with E-state index in [2.05, 4.69) is 10.3 Å². The Kier molecular flexibility index (Phi) is 2.97. The molecule has 0 atom stereocenters. The fourth-order valence-corrected chi connectivity index (χ4v) is 2.12. The van der Waals surface area contributed by atoms with Crippen LogP contribution < -0.4 is 5.32 Å². The lowest BCUT2D eigenvalue weighted by Crippen LogP contribution is -2.34. The molecule has 1 saturated carbocycles. The maximum Gasteiger partial charge on any atom is 0.434 e. The molecule has 1 heterocycles. The molecular weight excluding hydrogens is 225 g/mol. The summed E-state index contributed by atoms with van der Waals surface area (Å²) in [5.41, 5.74) is -0.780. The van der Waals surface area contributed by atoms with Crippen LogP contribution in [0.4, 0.5) is 13.2 Å². The molecule has 15 heavy (non-hydrogen) atoms. The van der Waals surface area contributed by atoms with Gasteiger partial charge in [-0.3, -0.25) is 0 Å². The van der Waals surface area contributed by atoms with Gasteiger partial charge in [0.05, 0.1) is 0 Å². The molecule has 2 nitrogen and oxygen atoms in total. The Morgan fingerprint density at radius 3 is 2.67 bits per heavy atom. The molecule has 1 N–H and O–H groups in total. The van der Waals surface area contributed by atoms with Crippen LogP contribution in [0.25, 0.3) is 0 Å². The van der Waals surface area contributed by atoms with Crippen LogP contribution in [0.1, 0.15) is 30.0 Å². The first-order valence-electron chi connectivity index (χ1n) is 4.80. The standard InChI is InChI=1S/C9H11F3N2S/c10-9(11,12)7-5-15-8(14-7)4-13-6-2-1-3-6/h5-6,13H,1-4H2. The van der Waals surface area contributed by atoms with Crippen molar-refractivity contribution in [3.8, 4) is 0 Å². The minimum atomic E-state index is -4.31. The van der Waals surface area contributed by atoms with Crippen molar-refractivity contribution in [3.05, 3.63) is 16.1 Å². The summed E-state index contributed by atoms with van der Waals surface area (Å²) in [6, 6.07) is 0.475. The summed E-state index contributed by atoms with van der Waals surface area (Å²) >= 11 is 1.06. The number of alkyl halides is 3. The van der Waals surface area contributed by atoms with Gasteiger partial charge in [0, 0.05) is 18.0 Å². The van der Waals surface area contributed by atoms with Gasteiger partial charge in [-0.2, -0.15) is 13.2 Å². The second-order valence-electron chi connectivity index (χ2n) is 3.63. The summed E-state index contributed by atoms with van der Waals surface area (Å²) in [7, 11) is 0. The number of thiazole rings is 1. The minimum absolute atomic E-state index is 0.450. The highest BCUT2D eigenvalue weighted by atomic mass is 32.1. The van der Waals surface area contributed by atoms with E-state index >= 15 is 0 Å². The lowest BCUT2D eigenvalue weighted by atomic mass is 9.93. The second-order valence-corrected chi connectivity index (χ2v) is 4.58. The third-order valence-corrected chi connectivity index (χ3v) is 3.34. The summed E-state index contributed by atoms with van der Waals surface area (Å²) in [5, 5.41) is 4.76. The Labute approximate surface area is 89.5 Å². The summed E-state index contributed by atoms with van der Waals surface area (Å²) in [4.78, 5) is 3.54. The third kappa shape index (κ3) is 2.69. The molecule has 1 aromatic rings. The van der Waals surface area contributed by atoms with Gasteiger partial charge in [0.25, 0.3) is 0 Å². The Morgan fingerprint density at radius 2 is 2.20 bits per heavy atom. The Bertz CT molecular complexity index is 330. The molecule has 0 spiro atoms. The second kappa shape index (κ2) is 4.09. The Morgan fingerprint density at radius 1 is 1.47 bits per heavy atom. The van der Waals surface area contributed by atoms with E-state index in [1.54, 1.807) is 0 Å². The average Bonchev–Trinajstić information content (AvgIpc) is 2.48. The van der Waals surface area contributed by atoms with Crippen LogP contribution in [0.5, 0.6) is 0 Å². The van der Waals surface area contributed by atoms with Crippen LogP contribution in [-0.2, 0) is 12.7 Å². The number of nitrogens with one attached hydrogen (secondary N) is 1. The number of hydrogen-bond donors (Lipinski definition) is 1. The molecule has 0 unspecified atom stereocenters. The SMILES string of the molecule is FC(F)(F)c1csc(CNC2CCC2)n1. The van der Waals surface area contributed by atoms with E-state index in [0.29, 0.717) is 17.6 Å². The van der Waals surface area contributed by atoms with Crippen LogP contribution in [0.15, 0.2) is 5.38 Å². The predicted molar refractivity (Wildman–Crippen MR) is 51.6 cm³/mol. The van der Waals surface area contributed by atoms with Crippen LogP contribution in [0, 0.1) is 0 Å². The normalized spacial score (nSPS) is 17.8. The van der Waals surface area contributed by atoms with E-state index in [9.17, 15) is 13.2 Å². The van der Waals surface area contributed by atoms with Crippen molar-refractivity contribution in [1.82, 2.24) is 10.3 Å². The highest BCUT2D eigenvalue weighted by Crippen LogP contribution is 2.30. The Hall–Kier alpha value is -0.620. The third-order valence-electron chi connectivity index (χ3n) is 2.49. The quantitative estimate of drug-likeness (QED) is 0.872. The minimum Gasteiger partial charge on any atom is -0.308 e. The van der Waals surface area contributed by atoms with Crippen molar-refractivity contribution in [3.63, 3.8) is 0 Å². The first-order chi connectivity index (χ1) is 7.05. The van der Waals surface area contributed by atoms with Crippen LogP contribution >= 0.6 is 11.3 Å². The van der Waals surface area contributed by atoms with Crippen molar-refractivity contribution < 1.29 is 13.2 Å². The van der Waals surface area contributed by atoms with Gasteiger partial charge < -0.3 is 5.32 Å². The van der Waals surface area contributed by atoms with Gasteiger partial charge in [-0.1, -0.05) is 6.42 Å². The monoisotopic (exact) mass is 236 g/mol. The van der Waals surface area contributed by atoms with E-state index < -0.39 is 11.9 Å². The zero-order chi connectivity index (χ0) is 10.9. The van der Waals surface area contributed by atoms with E-state index in [0.717, 1.165) is 29.6 Å². The fraction of sp³-hybridized carbons (Fsp3) is 0.667. The van der Waals surface area contributed by atoms with E-state index in [-0.39, 0.29) is 0 Å². The predicted octanol–water partition coefficient (Wildman–Crippen LogP) is 2.80. The van der Waals surface area contributed by atoms with Gasteiger partial charge in [-0.15, -0.1) is 11.3 Å². The molecule has 0 amide bonds. The number of rotatable bonds is 3. The van der Waals surface area contributed by atoms with E-state index in [4.69, 9.17) is 0 Å². The lowest BCUT2D eigenvalue weighted by molar-refractivity contribution is -0.140.